The first-order valence-electron chi connectivity index (χ1n) is 7.08. The molecule has 96 valence electrons. The van der Waals surface area contributed by atoms with Crippen LogP contribution in [0.25, 0.3) is 0 Å². The zero-order valence-corrected chi connectivity index (χ0v) is 10.5. The van der Waals surface area contributed by atoms with Crippen molar-refractivity contribution < 1.29 is 4.79 Å². The van der Waals surface area contributed by atoms with Crippen molar-refractivity contribution >= 4 is 6.03 Å². The second-order valence-corrected chi connectivity index (χ2v) is 5.76. The van der Waals surface area contributed by atoms with E-state index in [1.54, 1.807) is 0 Å². The van der Waals surface area contributed by atoms with E-state index in [4.69, 9.17) is 0 Å². The van der Waals surface area contributed by atoms with E-state index >= 15 is 0 Å². The summed E-state index contributed by atoms with van der Waals surface area (Å²) in [5, 5.41) is 6.39. The molecule has 4 nitrogen and oxygen atoms in total. The highest BCUT2D eigenvalue weighted by atomic mass is 16.2. The molecular weight excluding hydrogens is 214 g/mol. The lowest BCUT2D eigenvalue weighted by Gasteiger charge is -2.18. The third kappa shape index (κ3) is 2.92. The van der Waals surface area contributed by atoms with Gasteiger partial charge in [0.1, 0.15) is 0 Å². The van der Waals surface area contributed by atoms with Crippen molar-refractivity contribution in [1.29, 1.82) is 0 Å². The molecule has 0 aromatic carbocycles. The van der Waals surface area contributed by atoms with Crippen LogP contribution in [0.1, 0.15) is 25.7 Å². The van der Waals surface area contributed by atoms with Gasteiger partial charge in [0.05, 0.1) is 0 Å². The van der Waals surface area contributed by atoms with Crippen molar-refractivity contribution in [3.05, 3.63) is 0 Å². The Morgan fingerprint density at radius 1 is 1.29 bits per heavy atom. The molecule has 2 N–H and O–H groups in total. The van der Waals surface area contributed by atoms with Crippen LogP contribution in [-0.2, 0) is 0 Å². The average Bonchev–Trinajstić information content (AvgIpc) is 3.21. The van der Waals surface area contributed by atoms with Gasteiger partial charge in [0.15, 0.2) is 0 Å². The molecule has 3 aliphatic rings. The summed E-state index contributed by atoms with van der Waals surface area (Å²) in [5.74, 6) is 2.97. The minimum Gasteiger partial charge on any atom is -0.336 e. The third-order valence-electron chi connectivity index (χ3n) is 4.34. The Labute approximate surface area is 103 Å². The molecule has 0 aromatic rings. The monoisotopic (exact) mass is 237 g/mol. The van der Waals surface area contributed by atoms with Gasteiger partial charge >= 0.3 is 6.03 Å². The molecule has 17 heavy (non-hydrogen) atoms. The van der Waals surface area contributed by atoms with Crippen LogP contribution in [0.5, 0.6) is 0 Å². The lowest BCUT2D eigenvalue weighted by Crippen LogP contribution is -2.36. The molecule has 0 atom stereocenters. The molecule has 3 rings (SSSR count). The molecule has 4 heteroatoms. The van der Waals surface area contributed by atoms with Crippen LogP contribution >= 0.6 is 0 Å². The highest BCUT2D eigenvalue weighted by Crippen LogP contribution is 2.48. The van der Waals surface area contributed by atoms with Crippen LogP contribution in [-0.4, -0.2) is 43.7 Å². The highest BCUT2D eigenvalue weighted by molar-refractivity contribution is 5.76. The molecule has 2 saturated carbocycles. The normalized spacial score (nSPS) is 24.5. The van der Waals surface area contributed by atoms with Gasteiger partial charge < -0.3 is 15.5 Å². The van der Waals surface area contributed by atoms with Gasteiger partial charge in [-0.15, -0.1) is 0 Å². The van der Waals surface area contributed by atoms with E-state index in [1.165, 1.54) is 32.2 Å². The smallest absolute Gasteiger partial charge is 0.317 e. The van der Waals surface area contributed by atoms with Crippen molar-refractivity contribution in [2.75, 3.05) is 32.7 Å². The number of carbonyl (C=O) groups excluding carboxylic acids is 1. The first kappa shape index (κ1) is 11.3. The Hall–Kier alpha value is -0.770. The van der Waals surface area contributed by atoms with Gasteiger partial charge in [0.25, 0.3) is 0 Å². The molecular formula is C13H23N3O. The van der Waals surface area contributed by atoms with Gasteiger partial charge in [-0.1, -0.05) is 0 Å². The first-order chi connectivity index (χ1) is 8.34. The number of hydrogen-bond donors (Lipinski definition) is 2. The van der Waals surface area contributed by atoms with E-state index in [0.29, 0.717) is 0 Å². The quantitative estimate of drug-likeness (QED) is 0.650. The van der Waals surface area contributed by atoms with E-state index < -0.39 is 0 Å². The fraction of sp³-hybridized carbons (Fsp3) is 0.923. The van der Waals surface area contributed by atoms with Crippen LogP contribution in [0.2, 0.25) is 0 Å². The minimum atomic E-state index is 0.104. The summed E-state index contributed by atoms with van der Waals surface area (Å²) in [7, 11) is 0. The fourth-order valence-corrected chi connectivity index (χ4v) is 2.97. The lowest BCUT2D eigenvalue weighted by molar-refractivity contribution is 0.217. The second-order valence-electron chi connectivity index (χ2n) is 5.76. The van der Waals surface area contributed by atoms with Crippen LogP contribution < -0.4 is 10.6 Å². The van der Waals surface area contributed by atoms with Gasteiger partial charge in [0.2, 0.25) is 0 Å². The third-order valence-corrected chi connectivity index (χ3v) is 4.34. The maximum absolute atomic E-state index is 11.3. The van der Waals surface area contributed by atoms with Crippen molar-refractivity contribution in [1.82, 2.24) is 15.5 Å². The molecule has 3 fully saturated rings. The fourth-order valence-electron chi connectivity index (χ4n) is 2.97. The van der Waals surface area contributed by atoms with E-state index in [-0.39, 0.29) is 6.03 Å². The summed E-state index contributed by atoms with van der Waals surface area (Å²) in [6, 6.07) is 0.104. The lowest BCUT2D eigenvalue weighted by atomic mass is 9.98. The van der Waals surface area contributed by atoms with Gasteiger partial charge in [-0.25, -0.2) is 4.79 Å². The number of amides is 2. The van der Waals surface area contributed by atoms with Crippen molar-refractivity contribution in [2.45, 2.75) is 25.7 Å². The number of nitrogens with one attached hydrogen (secondary N) is 2. The molecule has 0 unspecified atom stereocenters. The van der Waals surface area contributed by atoms with Gasteiger partial charge in [-0.05, 0) is 50.0 Å². The maximum atomic E-state index is 11.3. The molecule has 0 radical (unpaired) electrons. The standard InChI is InChI=1S/C13H23N3O/c17-13-15-6-8-16(13)7-5-14-9-12(10-1-2-10)11-3-4-11/h10-12,14H,1-9H2,(H,15,17). The second kappa shape index (κ2) is 4.84. The first-order valence-corrected chi connectivity index (χ1v) is 7.08. The van der Waals surface area contributed by atoms with Gasteiger partial charge in [0, 0.05) is 26.2 Å². The number of carbonyl (C=O) groups is 1. The number of nitrogens with zero attached hydrogens (tertiary/aromatic N) is 1. The van der Waals surface area contributed by atoms with Crippen molar-refractivity contribution in [2.24, 2.45) is 17.8 Å². The summed E-state index contributed by atoms with van der Waals surface area (Å²) >= 11 is 0. The predicted molar refractivity (Wildman–Crippen MR) is 66.8 cm³/mol. The summed E-state index contributed by atoms with van der Waals surface area (Å²) in [4.78, 5) is 13.2. The number of urea groups is 1. The Morgan fingerprint density at radius 3 is 2.53 bits per heavy atom. The van der Waals surface area contributed by atoms with Crippen LogP contribution in [0.15, 0.2) is 0 Å². The Kier molecular flexibility index (Phi) is 3.23. The van der Waals surface area contributed by atoms with E-state index in [1.807, 2.05) is 4.90 Å². The summed E-state index contributed by atoms with van der Waals surface area (Å²) < 4.78 is 0. The highest BCUT2D eigenvalue weighted by Gasteiger charge is 2.40. The van der Waals surface area contributed by atoms with E-state index in [9.17, 15) is 4.79 Å². The van der Waals surface area contributed by atoms with Crippen molar-refractivity contribution in [3.8, 4) is 0 Å². The SMILES string of the molecule is O=C1NCCN1CCNCC(C1CC1)C1CC1. The Balaban J connectivity index is 1.32. The van der Waals surface area contributed by atoms with Gasteiger partial charge in [-0.3, -0.25) is 0 Å². The molecule has 0 aromatic heterocycles. The van der Waals surface area contributed by atoms with E-state index in [2.05, 4.69) is 10.6 Å². The molecule has 1 aliphatic heterocycles. The molecule has 0 spiro atoms. The molecule has 2 aliphatic carbocycles. The molecule has 1 saturated heterocycles. The van der Waals surface area contributed by atoms with Crippen LogP contribution in [0.3, 0.4) is 0 Å². The van der Waals surface area contributed by atoms with Crippen LogP contribution in [0, 0.1) is 17.8 Å². The zero-order valence-electron chi connectivity index (χ0n) is 10.5. The Bertz CT molecular complexity index is 274. The summed E-state index contributed by atoms with van der Waals surface area (Å²) in [6.45, 7) is 4.66. The molecule has 2 amide bonds. The van der Waals surface area contributed by atoms with Gasteiger partial charge in [-0.2, -0.15) is 0 Å². The topological polar surface area (TPSA) is 44.4 Å². The number of rotatable bonds is 7. The van der Waals surface area contributed by atoms with E-state index in [0.717, 1.165) is 43.9 Å². The average molecular weight is 237 g/mol. The predicted octanol–water partition coefficient (Wildman–Crippen LogP) is 1.04. The Morgan fingerprint density at radius 2 is 2.00 bits per heavy atom. The molecule has 1 heterocycles. The van der Waals surface area contributed by atoms with Crippen molar-refractivity contribution in [3.63, 3.8) is 0 Å². The summed E-state index contributed by atoms with van der Waals surface area (Å²) in [5.41, 5.74) is 0. The van der Waals surface area contributed by atoms with Crippen LogP contribution in [0.4, 0.5) is 4.79 Å². The zero-order chi connectivity index (χ0) is 11.7. The summed E-state index contributed by atoms with van der Waals surface area (Å²) in [6.07, 6.45) is 5.82. The molecule has 0 bridgehead atoms. The largest absolute Gasteiger partial charge is 0.336 e. The number of hydrogen-bond acceptors (Lipinski definition) is 2. The maximum Gasteiger partial charge on any atom is 0.317 e. The minimum absolute atomic E-state index is 0.104.